The lowest BCUT2D eigenvalue weighted by Crippen LogP contribution is -2.39. The van der Waals surface area contributed by atoms with Crippen molar-refractivity contribution in [3.05, 3.63) is 0 Å². The fourth-order valence-electron chi connectivity index (χ4n) is 3.78. The Hall–Kier alpha value is -0.0400. The molecule has 6 unspecified atom stereocenters. The van der Waals surface area contributed by atoms with Crippen molar-refractivity contribution < 1.29 is 0 Å². The molecule has 1 saturated heterocycles. The molecular weight excluding hydrogens is 98.1 g/mol. The van der Waals surface area contributed by atoms with Gasteiger partial charge in [-0.25, -0.2) is 0 Å². The van der Waals surface area contributed by atoms with Crippen molar-refractivity contribution in [3.8, 4) is 0 Å². The van der Waals surface area contributed by atoms with Crippen LogP contribution in [0.25, 0.3) is 0 Å². The minimum Gasteiger partial charge on any atom is -0.313 e. The Bertz CT molecular complexity index is 159. The van der Waals surface area contributed by atoms with Crippen molar-refractivity contribution in [1.29, 1.82) is 0 Å². The lowest BCUT2D eigenvalue weighted by Gasteiger charge is -2.33. The van der Waals surface area contributed by atoms with E-state index in [9.17, 15) is 0 Å². The third-order valence-electron chi connectivity index (χ3n) is 4.04. The molecule has 0 radical (unpaired) electrons. The summed E-state index contributed by atoms with van der Waals surface area (Å²) in [5, 5.41) is 3.58. The van der Waals surface area contributed by atoms with Crippen LogP contribution in [0.15, 0.2) is 0 Å². The average Bonchev–Trinajstić information content (AvgIpc) is 2.04. The minimum absolute atomic E-state index is 1.02. The van der Waals surface area contributed by atoms with Crippen LogP contribution in [0.1, 0.15) is 0 Å². The molecule has 0 aromatic carbocycles. The van der Waals surface area contributed by atoms with Gasteiger partial charge in [0.2, 0.25) is 0 Å². The maximum Gasteiger partial charge on any atom is 0.0135 e. The normalized spacial score (nSPS) is 87.0. The molecule has 3 saturated carbocycles. The van der Waals surface area contributed by atoms with Crippen molar-refractivity contribution in [1.82, 2.24) is 5.32 Å². The van der Waals surface area contributed by atoms with Crippen LogP contribution in [0.4, 0.5) is 0 Å². The Labute approximate surface area is 48.5 Å². The SMILES string of the molecule is C1NC2C3C1C1C2C31. The van der Waals surface area contributed by atoms with Crippen molar-refractivity contribution in [2.45, 2.75) is 6.04 Å². The summed E-state index contributed by atoms with van der Waals surface area (Å²) < 4.78 is 0. The lowest BCUT2D eigenvalue weighted by atomic mass is 9.71. The van der Waals surface area contributed by atoms with Gasteiger partial charge in [-0.3, -0.25) is 0 Å². The van der Waals surface area contributed by atoms with Gasteiger partial charge in [0.1, 0.15) is 0 Å². The van der Waals surface area contributed by atoms with Crippen LogP contribution in [0.3, 0.4) is 0 Å². The van der Waals surface area contributed by atoms with Crippen LogP contribution in [0, 0.1) is 29.6 Å². The molecule has 4 aliphatic rings. The van der Waals surface area contributed by atoms with Crippen LogP contribution in [-0.2, 0) is 0 Å². The predicted octanol–water partition coefficient (Wildman–Crippen LogP) is 0.0800. The van der Waals surface area contributed by atoms with Gasteiger partial charge < -0.3 is 5.32 Å². The zero-order chi connectivity index (χ0) is 4.88. The summed E-state index contributed by atoms with van der Waals surface area (Å²) in [6.45, 7) is 1.37. The summed E-state index contributed by atoms with van der Waals surface area (Å²) in [4.78, 5) is 0. The topological polar surface area (TPSA) is 12.0 Å². The maximum atomic E-state index is 3.58. The van der Waals surface area contributed by atoms with Gasteiger partial charge in [0.05, 0.1) is 0 Å². The van der Waals surface area contributed by atoms with Crippen molar-refractivity contribution in [3.63, 3.8) is 0 Å². The van der Waals surface area contributed by atoms with Gasteiger partial charge in [-0.15, -0.1) is 0 Å². The molecule has 1 aliphatic heterocycles. The highest BCUT2D eigenvalue weighted by molar-refractivity contribution is 5.34. The van der Waals surface area contributed by atoms with Crippen LogP contribution in [0.5, 0.6) is 0 Å². The summed E-state index contributed by atoms with van der Waals surface area (Å²) in [6, 6.07) is 1.02. The number of piperidine rings is 1. The molecular formula is C7H9N. The zero-order valence-corrected chi connectivity index (χ0v) is 4.67. The quantitative estimate of drug-likeness (QED) is 0.462. The van der Waals surface area contributed by atoms with E-state index in [2.05, 4.69) is 5.32 Å². The van der Waals surface area contributed by atoms with E-state index in [0.29, 0.717) is 0 Å². The third kappa shape index (κ3) is 0.120. The number of fused-ring (bicyclic) bond motifs is 3. The second kappa shape index (κ2) is 0.621. The molecule has 4 rings (SSSR count). The number of nitrogens with one attached hydrogen (secondary N) is 1. The monoisotopic (exact) mass is 107 g/mol. The number of hydrogen-bond donors (Lipinski definition) is 1. The summed E-state index contributed by atoms with van der Waals surface area (Å²) in [5.41, 5.74) is 0. The minimum atomic E-state index is 1.02. The Morgan fingerprint density at radius 2 is 2.00 bits per heavy atom. The van der Waals surface area contributed by atoms with Crippen LogP contribution in [0.2, 0.25) is 0 Å². The lowest BCUT2D eigenvalue weighted by molar-refractivity contribution is 0.165. The standard InChI is InChI=1S/C7H9N/c1-2-3-5-4(2)7(8-1)6(3)5/h2-8H,1H2. The molecule has 6 atom stereocenters. The molecule has 0 aromatic heterocycles. The Morgan fingerprint density at radius 1 is 1.00 bits per heavy atom. The fourth-order valence-corrected chi connectivity index (χ4v) is 3.78. The Kier molecular flexibility index (Phi) is 0.249. The molecule has 1 N–H and O–H groups in total. The van der Waals surface area contributed by atoms with Crippen LogP contribution >= 0.6 is 0 Å². The molecule has 8 heavy (non-hydrogen) atoms. The molecule has 3 aliphatic carbocycles. The summed E-state index contributed by atoms with van der Waals surface area (Å²) in [7, 11) is 0. The van der Waals surface area contributed by atoms with E-state index in [-0.39, 0.29) is 0 Å². The summed E-state index contributed by atoms with van der Waals surface area (Å²) >= 11 is 0. The first kappa shape index (κ1) is 3.21. The van der Waals surface area contributed by atoms with Gasteiger partial charge in [0.15, 0.2) is 0 Å². The largest absolute Gasteiger partial charge is 0.313 e. The fraction of sp³-hybridized carbons (Fsp3) is 1.00. The van der Waals surface area contributed by atoms with E-state index in [0.717, 1.165) is 12.0 Å². The first-order chi connectivity index (χ1) is 3.98. The van der Waals surface area contributed by atoms with Gasteiger partial charge >= 0.3 is 0 Å². The van der Waals surface area contributed by atoms with Crippen molar-refractivity contribution >= 4 is 0 Å². The molecule has 4 fully saturated rings. The van der Waals surface area contributed by atoms with Gasteiger partial charge in [0.25, 0.3) is 0 Å². The second-order valence-electron chi connectivity index (χ2n) is 3.91. The maximum absolute atomic E-state index is 3.58. The van der Waals surface area contributed by atoms with E-state index in [1.165, 1.54) is 30.2 Å². The van der Waals surface area contributed by atoms with E-state index in [4.69, 9.17) is 0 Å². The predicted molar refractivity (Wildman–Crippen MR) is 29.2 cm³/mol. The highest BCUT2D eigenvalue weighted by Gasteiger charge is 2.84. The highest BCUT2D eigenvalue weighted by Crippen LogP contribution is 2.82. The van der Waals surface area contributed by atoms with E-state index >= 15 is 0 Å². The van der Waals surface area contributed by atoms with Gasteiger partial charge in [-0.05, 0) is 36.1 Å². The van der Waals surface area contributed by atoms with Crippen molar-refractivity contribution in [2.24, 2.45) is 29.6 Å². The van der Waals surface area contributed by atoms with Gasteiger partial charge in [0, 0.05) is 6.04 Å². The van der Waals surface area contributed by atoms with Gasteiger partial charge in [-0.1, -0.05) is 0 Å². The molecule has 1 nitrogen and oxygen atoms in total. The Balaban J connectivity index is 2.01. The molecule has 1 heterocycles. The van der Waals surface area contributed by atoms with E-state index in [1.54, 1.807) is 0 Å². The van der Waals surface area contributed by atoms with Crippen LogP contribution in [-0.4, -0.2) is 12.6 Å². The van der Waals surface area contributed by atoms with E-state index in [1.807, 2.05) is 0 Å². The average molecular weight is 107 g/mol. The highest BCUT2D eigenvalue weighted by atomic mass is 15.1. The summed E-state index contributed by atoms with van der Waals surface area (Å²) in [5.74, 6) is 6.03. The van der Waals surface area contributed by atoms with E-state index < -0.39 is 0 Å². The summed E-state index contributed by atoms with van der Waals surface area (Å²) in [6.07, 6.45) is 0. The third-order valence-corrected chi connectivity index (χ3v) is 4.04. The van der Waals surface area contributed by atoms with Gasteiger partial charge in [-0.2, -0.15) is 0 Å². The Morgan fingerprint density at radius 3 is 2.50 bits per heavy atom. The molecule has 0 amide bonds. The van der Waals surface area contributed by atoms with Crippen LogP contribution < -0.4 is 5.32 Å². The number of rotatable bonds is 0. The first-order valence-electron chi connectivity index (χ1n) is 3.72. The second-order valence-corrected chi connectivity index (χ2v) is 3.91. The zero-order valence-electron chi connectivity index (χ0n) is 4.67. The molecule has 0 aromatic rings. The van der Waals surface area contributed by atoms with Crippen molar-refractivity contribution in [2.75, 3.05) is 6.54 Å². The smallest absolute Gasteiger partial charge is 0.0135 e. The molecule has 1 heteroatoms. The first-order valence-corrected chi connectivity index (χ1v) is 3.72. The molecule has 0 spiro atoms. The molecule has 0 bridgehead atoms. The number of hydrogen-bond acceptors (Lipinski definition) is 1. The molecule has 42 valence electrons.